The van der Waals surface area contributed by atoms with Crippen molar-refractivity contribution in [2.24, 2.45) is 0 Å². The first-order chi connectivity index (χ1) is 9.86. The van der Waals surface area contributed by atoms with Crippen LogP contribution in [0.4, 0.5) is 5.69 Å². The summed E-state index contributed by atoms with van der Waals surface area (Å²) >= 11 is 0. The summed E-state index contributed by atoms with van der Waals surface area (Å²) in [7, 11) is 0. The van der Waals surface area contributed by atoms with E-state index >= 15 is 0 Å². The largest absolute Gasteiger partial charge is 0.489 e. The lowest BCUT2D eigenvalue weighted by atomic mass is 10.1. The Morgan fingerprint density at radius 1 is 1.35 bits per heavy atom. The van der Waals surface area contributed by atoms with Gasteiger partial charge in [0.2, 0.25) is 0 Å². The number of fused-ring (bicyclic) bond motifs is 1. The van der Waals surface area contributed by atoms with Crippen LogP contribution in [0.3, 0.4) is 0 Å². The molecule has 110 valence electrons. The Labute approximate surface area is 121 Å². The molecule has 1 aromatic carbocycles. The quantitative estimate of drug-likeness (QED) is 0.916. The average Bonchev–Trinajstić information content (AvgIpc) is 2.50. The molecule has 0 amide bonds. The molecule has 0 saturated carbocycles. The summed E-state index contributed by atoms with van der Waals surface area (Å²) in [6.45, 7) is 7.77. The van der Waals surface area contributed by atoms with Gasteiger partial charge in [0, 0.05) is 38.3 Å². The van der Waals surface area contributed by atoms with E-state index in [2.05, 4.69) is 35.3 Å². The lowest BCUT2D eigenvalue weighted by Crippen LogP contribution is -2.36. The highest BCUT2D eigenvalue weighted by molar-refractivity contribution is 5.61. The van der Waals surface area contributed by atoms with Crippen LogP contribution in [0.5, 0.6) is 5.75 Å². The number of likely N-dealkylation sites (tertiary alicyclic amines) is 1. The summed E-state index contributed by atoms with van der Waals surface area (Å²) in [4.78, 5) is 2.50. The minimum absolute atomic E-state index is 0.457. The van der Waals surface area contributed by atoms with Gasteiger partial charge in [0.25, 0.3) is 0 Å². The van der Waals surface area contributed by atoms with Crippen LogP contribution in [-0.4, -0.2) is 43.9 Å². The highest BCUT2D eigenvalue weighted by Crippen LogP contribution is 2.32. The predicted octanol–water partition coefficient (Wildman–Crippen LogP) is 2.49. The third kappa shape index (κ3) is 3.07. The van der Waals surface area contributed by atoms with Crippen molar-refractivity contribution in [3.05, 3.63) is 23.8 Å². The number of nitrogens with zero attached hydrogens (tertiary/aromatic N) is 1. The third-order valence-corrected chi connectivity index (χ3v) is 4.09. The molecule has 20 heavy (non-hydrogen) atoms. The number of piperidine rings is 1. The zero-order valence-corrected chi connectivity index (χ0v) is 12.2. The summed E-state index contributed by atoms with van der Waals surface area (Å²) in [5.41, 5.74) is 2.43. The van der Waals surface area contributed by atoms with Gasteiger partial charge >= 0.3 is 0 Å². The Hall–Kier alpha value is -1.26. The smallest absolute Gasteiger partial charge is 0.146 e. The number of nitrogens with one attached hydrogen (secondary N) is 1. The van der Waals surface area contributed by atoms with Gasteiger partial charge in [-0.05, 0) is 25.8 Å². The molecule has 1 aromatic rings. The van der Waals surface area contributed by atoms with Crippen molar-refractivity contribution in [3.8, 4) is 5.75 Å². The molecule has 2 aliphatic rings. The molecule has 0 aromatic heterocycles. The van der Waals surface area contributed by atoms with E-state index < -0.39 is 0 Å². The highest BCUT2D eigenvalue weighted by Gasteiger charge is 2.21. The predicted molar refractivity (Wildman–Crippen MR) is 80.4 cm³/mol. The van der Waals surface area contributed by atoms with Gasteiger partial charge in [0.05, 0.1) is 11.8 Å². The van der Waals surface area contributed by atoms with E-state index in [-0.39, 0.29) is 0 Å². The van der Waals surface area contributed by atoms with Crippen LogP contribution in [0.25, 0.3) is 0 Å². The van der Waals surface area contributed by atoms with Gasteiger partial charge < -0.3 is 14.8 Å². The van der Waals surface area contributed by atoms with Crippen molar-refractivity contribution in [2.45, 2.75) is 32.4 Å². The summed E-state index contributed by atoms with van der Waals surface area (Å²) in [6.07, 6.45) is 2.74. The monoisotopic (exact) mass is 276 g/mol. The van der Waals surface area contributed by atoms with E-state index in [1.54, 1.807) is 0 Å². The van der Waals surface area contributed by atoms with Crippen molar-refractivity contribution in [1.82, 2.24) is 4.90 Å². The minimum atomic E-state index is 0.457. The Morgan fingerprint density at radius 3 is 3.00 bits per heavy atom. The van der Waals surface area contributed by atoms with E-state index in [9.17, 15) is 0 Å². The zero-order chi connectivity index (χ0) is 13.8. The Kier molecular flexibility index (Phi) is 4.43. The molecule has 0 aliphatic carbocycles. The molecule has 1 N–H and O–H groups in total. The fourth-order valence-electron chi connectivity index (χ4n) is 3.07. The first kappa shape index (κ1) is 13.7. The van der Waals surface area contributed by atoms with Crippen LogP contribution < -0.4 is 10.1 Å². The lowest BCUT2D eigenvalue weighted by Gasteiger charge is -2.32. The highest BCUT2D eigenvalue weighted by atomic mass is 16.5. The number of rotatable bonds is 4. The number of hydrogen-bond donors (Lipinski definition) is 1. The molecule has 4 nitrogen and oxygen atoms in total. The van der Waals surface area contributed by atoms with Gasteiger partial charge in [0.1, 0.15) is 12.4 Å². The van der Waals surface area contributed by atoms with Crippen LogP contribution >= 0.6 is 0 Å². The van der Waals surface area contributed by atoms with Gasteiger partial charge in [0.15, 0.2) is 0 Å². The number of ether oxygens (including phenoxy) is 2. The summed E-state index contributed by atoms with van der Waals surface area (Å²) in [5.74, 6) is 1.05. The van der Waals surface area contributed by atoms with Gasteiger partial charge in [-0.1, -0.05) is 12.1 Å². The number of benzene rings is 1. The van der Waals surface area contributed by atoms with Crippen LogP contribution in [0.2, 0.25) is 0 Å². The molecule has 2 heterocycles. The molecule has 0 spiro atoms. The fraction of sp³-hybridized carbons (Fsp3) is 0.625. The van der Waals surface area contributed by atoms with Gasteiger partial charge in [-0.25, -0.2) is 0 Å². The van der Waals surface area contributed by atoms with Gasteiger partial charge in [-0.3, -0.25) is 4.90 Å². The van der Waals surface area contributed by atoms with Crippen molar-refractivity contribution in [3.63, 3.8) is 0 Å². The number of para-hydroxylation sites is 1. The number of hydrogen-bond acceptors (Lipinski definition) is 4. The standard InChI is InChI=1S/C16H24N2O2/c1-2-19-14-6-9-18(10-7-14)12-13-4-3-5-15-16(13)20-11-8-17-15/h3-5,14,17H,2,6-12H2,1H3. The molecule has 0 bridgehead atoms. The van der Waals surface area contributed by atoms with Crippen molar-refractivity contribution < 1.29 is 9.47 Å². The molecule has 3 rings (SSSR count). The van der Waals surface area contributed by atoms with Crippen molar-refractivity contribution in [1.29, 1.82) is 0 Å². The molecule has 0 radical (unpaired) electrons. The van der Waals surface area contributed by atoms with Crippen molar-refractivity contribution in [2.75, 3.05) is 38.2 Å². The topological polar surface area (TPSA) is 33.7 Å². The summed E-state index contributed by atoms with van der Waals surface area (Å²) < 4.78 is 11.6. The second-order valence-corrected chi connectivity index (χ2v) is 5.50. The van der Waals surface area contributed by atoms with Crippen LogP contribution in [0, 0.1) is 0 Å². The van der Waals surface area contributed by atoms with Gasteiger partial charge in [-0.2, -0.15) is 0 Å². The molecule has 1 saturated heterocycles. The van der Waals surface area contributed by atoms with Crippen LogP contribution in [0.1, 0.15) is 25.3 Å². The number of anilines is 1. The normalized spacial score (nSPS) is 20.1. The third-order valence-electron chi connectivity index (χ3n) is 4.09. The second kappa shape index (κ2) is 6.46. The minimum Gasteiger partial charge on any atom is -0.489 e. The second-order valence-electron chi connectivity index (χ2n) is 5.50. The van der Waals surface area contributed by atoms with Crippen LogP contribution in [0.15, 0.2) is 18.2 Å². The first-order valence-electron chi connectivity index (χ1n) is 7.69. The lowest BCUT2D eigenvalue weighted by molar-refractivity contribution is 0.0124. The Balaban J connectivity index is 1.61. The first-order valence-corrected chi connectivity index (χ1v) is 7.69. The van der Waals surface area contributed by atoms with E-state index in [0.717, 1.165) is 63.7 Å². The summed E-state index contributed by atoms with van der Waals surface area (Å²) in [5, 5.41) is 3.40. The molecule has 2 aliphatic heterocycles. The molecule has 0 unspecified atom stereocenters. The van der Waals surface area contributed by atoms with Gasteiger partial charge in [-0.15, -0.1) is 0 Å². The van der Waals surface area contributed by atoms with E-state index in [0.29, 0.717) is 6.10 Å². The fourth-order valence-corrected chi connectivity index (χ4v) is 3.07. The molecular weight excluding hydrogens is 252 g/mol. The zero-order valence-electron chi connectivity index (χ0n) is 12.2. The molecule has 0 atom stereocenters. The molecule has 1 fully saturated rings. The summed E-state index contributed by atoms with van der Waals surface area (Å²) in [6, 6.07) is 6.39. The molecular formula is C16H24N2O2. The van der Waals surface area contributed by atoms with E-state index in [1.165, 1.54) is 5.56 Å². The van der Waals surface area contributed by atoms with Crippen molar-refractivity contribution >= 4 is 5.69 Å². The van der Waals surface area contributed by atoms with E-state index in [1.807, 2.05) is 0 Å². The Morgan fingerprint density at radius 2 is 2.20 bits per heavy atom. The maximum absolute atomic E-state index is 5.84. The molecule has 4 heteroatoms. The maximum Gasteiger partial charge on any atom is 0.146 e. The maximum atomic E-state index is 5.84. The van der Waals surface area contributed by atoms with Crippen LogP contribution in [-0.2, 0) is 11.3 Å². The van der Waals surface area contributed by atoms with E-state index in [4.69, 9.17) is 9.47 Å². The Bertz CT molecular complexity index is 442. The average molecular weight is 276 g/mol. The SMILES string of the molecule is CCOC1CCN(Cc2cccc3c2OCCN3)CC1.